The van der Waals surface area contributed by atoms with E-state index in [1.165, 1.54) is 0 Å². The van der Waals surface area contributed by atoms with Gasteiger partial charge in [-0.2, -0.15) is 0 Å². The zero-order valence-electron chi connectivity index (χ0n) is 9.15. The second-order valence-corrected chi connectivity index (χ2v) is 4.46. The van der Waals surface area contributed by atoms with E-state index in [-0.39, 0.29) is 12.3 Å². The van der Waals surface area contributed by atoms with Gasteiger partial charge in [-0.3, -0.25) is 4.79 Å². The van der Waals surface area contributed by atoms with Gasteiger partial charge in [-0.1, -0.05) is 30.3 Å². The zero-order chi connectivity index (χ0) is 12.3. The molecule has 2 rings (SSSR count). The molecule has 0 aliphatic rings. The van der Waals surface area contributed by atoms with Gasteiger partial charge in [0, 0.05) is 0 Å². The third-order valence-electron chi connectivity index (χ3n) is 2.43. The van der Waals surface area contributed by atoms with Crippen LogP contribution in [0, 0.1) is 0 Å². The summed E-state index contributed by atoms with van der Waals surface area (Å²) >= 11 is 3.51. The predicted octanol–water partition coefficient (Wildman–Crippen LogP) is 2.86. The Kier molecular flexibility index (Phi) is 3.64. The van der Waals surface area contributed by atoms with Crippen molar-refractivity contribution in [2.24, 2.45) is 5.73 Å². The molecule has 1 amide bonds. The molecule has 2 aromatic rings. The van der Waals surface area contributed by atoms with E-state index in [9.17, 15) is 4.79 Å². The van der Waals surface area contributed by atoms with Gasteiger partial charge in [-0.25, -0.2) is 0 Å². The van der Waals surface area contributed by atoms with Crippen LogP contribution in [0.25, 0.3) is 10.8 Å². The molecule has 0 atom stereocenters. The van der Waals surface area contributed by atoms with E-state index in [4.69, 9.17) is 10.5 Å². The minimum Gasteiger partial charge on any atom is -0.492 e. The van der Waals surface area contributed by atoms with Crippen LogP contribution in [0.3, 0.4) is 0 Å². The SMILES string of the molecule is NC(=O)CCOc1ccc2ccccc2c1Br. The van der Waals surface area contributed by atoms with Gasteiger partial charge in [0.25, 0.3) is 0 Å². The normalized spacial score (nSPS) is 10.4. The second-order valence-electron chi connectivity index (χ2n) is 3.66. The Morgan fingerprint density at radius 2 is 2.00 bits per heavy atom. The summed E-state index contributed by atoms with van der Waals surface area (Å²) in [5.41, 5.74) is 5.05. The summed E-state index contributed by atoms with van der Waals surface area (Å²) < 4.78 is 6.41. The van der Waals surface area contributed by atoms with Crippen molar-refractivity contribution < 1.29 is 9.53 Å². The van der Waals surface area contributed by atoms with Gasteiger partial charge in [-0.05, 0) is 32.8 Å². The van der Waals surface area contributed by atoms with Crippen molar-refractivity contribution in [3.63, 3.8) is 0 Å². The molecule has 2 N–H and O–H groups in total. The summed E-state index contributed by atoms with van der Waals surface area (Å²) in [6.07, 6.45) is 0.221. The first-order valence-corrected chi connectivity index (χ1v) is 6.06. The topological polar surface area (TPSA) is 52.3 Å². The van der Waals surface area contributed by atoms with E-state index in [1.54, 1.807) is 0 Å². The molecule has 0 saturated heterocycles. The lowest BCUT2D eigenvalue weighted by Crippen LogP contribution is -2.14. The van der Waals surface area contributed by atoms with Gasteiger partial charge in [0.05, 0.1) is 17.5 Å². The molecule has 0 bridgehead atoms. The second kappa shape index (κ2) is 5.19. The molecule has 0 radical (unpaired) electrons. The van der Waals surface area contributed by atoms with Gasteiger partial charge in [0.2, 0.25) is 5.91 Å². The first-order valence-electron chi connectivity index (χ1n) is 5.27. The molecule has 0 heterocycles. The summed E-state index contributed by atoms with van der Waals surface area (Å²) in [7, 11) is 0. The molecular weight excluding hydrogens is 282 g/mol. The minimum atomic E-state index is -0.359. The number of primary amides is 1. The largest absolute Gasteiger partial charge is 0.492 e. The maximum Gasteiger partial charge on any atom is 0.220 e. The molecule has 0 aliphatic heterocycles. The van der Waals surface area contributed by atoms with Crippen LogP contribution in [0.4, 0.5) is 0 Å². The Balaban J connectivity index is 2.23. The molecule has 17 heavy (non-hydrogen) atoms. The fourth-order valence-corrected chi connectivity index (χ4v) is 2.19. The minimum absolute atomic E-state index is 0.221. The van der Waals surface area contributed by atoms with Crippen molar-refractivity contribution >= 4 is 32.6 Å². The molecule has 4 heteroatoms. The smallest absolute Gasteiger partial charge is 0.220 e. The van der Waals surface area contributed by atoms with Crippen LogP contribution in [-0.4, -0.2) is 12.5 Å². The van der Waals surface area contributed by atoms with Gasteiger partial charge in [0.1, 0.15) is 5.75 Å². The molecule has 3 nitrogen and oxygen atoms in total. The fraction of sp³-hybridized carbons (Fsp3) is 0.154. The van der Waals surface area contributed by atoms with Crippen molar-refractivity contribution in [2.75, 3.05) is 6.61 Å². The Bertz CT molecular complexity index is 554. The van der Waals surface area contributed by atoms with Crippen LogP contribution in [0.2, 0.25) is 0 Å². The zero-order valence-corrected chi connectivity index (χ0v) is 10.7. The quantitative estimate of drug-likeness (QED) is 0.942. The molecule has 0 spiro atoms. The highest BCUT2D eigenvalue weighted by Gasteiger charge is 2.06. The number of carbonyl (C=O) groups is 1. The van der Waals surface area contributed by atoms with E-state index in [0.717, 1.165) is 21.0 Å². The summed E-state index contributed by atoms with van der Waals surface area (Å²) in [4.78, 5) is 10.6. The Morgan fingerprint density at radius 1 is 1.24 bits per heavy atom. The number of ether oxygens (including phenoxy) is 1. The van der Waals surface area contributed by atoms with Crippen LogP contribution in [0.1, 0.15) is 6.42 Å². The number of carbonyl (C=O) groups excluding carboxylic acids is 1. The van der Waals surface area contributed by atoms with Gasteiger partial charge in [0.15, 0.2) is 0 Å². The predicted molar refractivity (Wildman–Crippen MR) is 71.0 cm³/mol. The number of amides is 1. The summed E-state index contributed by atoms with van der Waals surface area (Å²) in [6, 6.07) is 11.9. The Hall–Kier alpha value is -1.55. The van der Waals surface area contributed by atoms with Crippen molar-refractivity contribution in [3.8, 4) is 5.75 Å². The van der Waals surface area contributed by atoms with E-state index >= 15 is 0 Å². The van der Waals surface area contributed by atoms with Crippen LogP contribution >= 0.6 is 15.9 Å². The van der Waals surface area contributed by atoms with Gasteiger partial charge in [-0.15, -0.1) is 0 Å². The van der Waals surface area contributed by atoms with E-state index in [1.807, 2.05) is 36.4 Å². The maximum absolute atomic E-state index is 10.6. The van der Waals surface area contributed by atoms with Gasteiger partial charge >= 0.3 is 0 Å². The molecular formula is C13H12BrNO2. The average Bonchev–Trinajstić information content (AvgIpc) is 2.32. The number of halogens is 1. The fourth-order valence-electron chi connectivity index (χ4n) is 1.59. The van der Waals surface area contributed by atoms with E-state index < -0.39 is 0 Å². The molecule has 0 fully saturated rings. The molecule has 0 unspecified atom stereocenters. The lowest BCUT2D eigenvalue weighted by molar-refractivity contribution is -0.118. The summed E-state index contributed by atoms with van der Waals surface area (Å²) in [6.45, 7) is 0.298. The number of rotatable bonds is 4. The highest BCUT2D eigenvalue weighted by Crippen LogP contribution is 2.32. The highest BCUT2D eigenvalue weighted by atomic mass is 79.9. The van der Waals surface area contributed by atoms with Crippen LogP contribution < -0.4 is 10.5 Å². The van der Waals surface area contributed by atoms with Crippen molar-refractivity contribution in [2.45, 2.75) is 6.42 Å². The van der Waals surface area contributed by atoms with Crippen LogP contribution in [0.15, 0.2) is 40.9 Å². The molecule has 88 valence electrons. The molecule has 0 aromatic heterocycles. The molecule has 0 aliphatic carbocycles. The number of fused-ring (bicyclic) bond motifs is 1. The first-order chi connectivity index (χ1) is 8.18. The lowest BCUT2D eigenvalue weighted by Gasteiger charge is -2.09. The molecule has 0 saturated carbocycles. The summed E-state index contributed by atoms with van der Waals surface area (Å²) in [5.74, 6) is 0.367. The number of nitrogens with two attached hydrogens (primary N) is 1. The van der Waals surface area contributed by atoms with Gasteiger partial charge < -0.3 is 10.5 Å². The third kappa shape index (κ3) is 2.77. The average molecular weight is 294 g/mol. The third-order valence-corrected chi connectivity index (χ3v) is 3.25. The van der Waals surface area contributed by atoms with Crippen molar-refractivity contribution in [3.05, 3.63) is 40.9 Å². The number of hydrogen-bond acceptors (Lipinski definition) is 2. The van der Waals surface area contributed by atoms with Crippen LogP contribution in [-0.2, 0) is 4.79 Å². The number of benzene rings is 2. The lowest BCUT2D eigenvalue weighted by atomic mass is 10.1. The van der Waals surface area contributed by atoms with Crippen molar-refractivity contribution in [1.29, 1.82) is 0 Å². The standard InChI is InChI=1S/C13H12BrNO2/c14-13-10-4-2-1-3-9(10)5-6-11(13)17-8-7-12(15)16/h1-6H,7-8H2,(H2,15,16). The van der Waals surface area contributed by atoms with Crippen LogP contribution in [0.5, 0.6) is 5.75 Å². The molecule has 2 aromatic carbocycles. The van der Waals surface area contributed by atoms with Crippen molar-refractivity contribution in [1.82, 2.24) is 0 Å². The highest BCUT2D eigenvalue weighted by molar-refractivity contribution is 9.10. The maximum atomic E-state index is 10.6. The van der Waals surface area contributed by atoms with E-state index in [2.05, 4.69) is 15.9 Å². The van der Waals surface area contributed by atoms with E-state index in [0.29, 0.717) is 6.61 Å². The monoisotopic (exact) mass is 293 g/mol. The first kappa shape index (κ1) is 11.9. The Labute approximate surface area is 108 Å². The number of hydrogen-bond donors (Lipinski definition) is 1. The Morgan fingerprint density at radius 3 is 2.76 bits per heavy atom. The summed E-state index contributed by atoms with van der Waals surface area (Å²) in [5, 5.41) is 2.23.